The van der Waals surface area contributed by atoms with Gasteiger partial charge >= 0.3 is 0 Å². The summed E-state index contributed by atoms with van der Waals surface area (Å²) < 4.78 is 1.16. The lowest BCUT2D eigenvalue weighted by Crippen LogP contribution is -2.40. The molecule has 0 heterocycles. The second kappa shape index (κ2) is 8.89. The van der Waals surface area contributed by atoms with E-state index in [4.69, 9.17) is 5.73 Å². The van der Waals surface area contributed by atoms with Crippen LogP contribution < -0.4 is 5.73 Å². The zero-order valence-electron chi connectivity index (χ0n) is 14.1. The van der Waals surface area contributed by atoms with Crippen molar-refractivity contribution in [3.05, 3.63) is 33.8 Å². The minimum absolute atomic E-state index is 0.291. The highest BCUT2D eigenvalue weighted by Gasteiger charge is 2.20. The van der Waals surface area contributed by atoms with Gasteiger partial charge in [-0.3, -0.25) is 4.90 Å². The van der Waals surface area contributed by atoms with E-state index in [0.29, 0.717) is 18.5 Å². The molecule has 1 rings (SSSR count). The predicted octanol–water partition coefficient (Wildman–Crippen LogP) is 3.28. The quantitative estimate of drug-likeness (QED) is 0.776. The van der Waals surface area contributed by atoms with Crippen LogP contribution in [0.5, 0.6) is 0 Å². The van der Waals surface area contributed by atoms with E-state index in [-0.39, 0.29) is 0 Å². The van der Waals surface area contributed by atoms with Crippen LogP contribution in [0.1, 0.15) is 31.0 Å². The number of likely N-dealkylation sites (N-methyl/N-ethyl adjacent to an activating group) is 1. The number of halogens is 1. The number of nitrogens with two attached hydrogens (primary N) is 1. The van der Waals surface area contributed by atoms with E-state index in [1.165, 1.54) is 11.1 Å². The minimum Gasteiger partial charge on any atom is -0.329 e. The van der Waals surface area contributed by atoms with E-state index in [1.54, 1.807) is 0 Å². The molecule has 0 amide bonds. The molecule has 0 spiro atoms. The largest absolute Gasteiger partial charge is 0.329 e. The first-order valence-corrected chi connectivity index (χ1v) is 8.49. The van der Waals surface area contributed by atoms with Crippen molar-refractivity contribution < 1.29 is 0 Å². The van der Waals surface area contributed by atoms with Crippen molar-refractivity contribution in [1.29, 1.82) is 0 Å². The average molecular weight is 356 g/mol. The number of hydrogen-bond donors (Lipinski definition) is 1. The van der Waals surface area contributed by atoms with Crippen molar-refractivity contribution in [1.82, 2.24) is 9.80 Å². The lowest BCUT2D eigenvalue weighted by atomic mass is 10.0. The Morgan fingerprint density at radius 3 is 2.33 bits per heavy atom. The second-order valence-electron chi connectivity index (χ2n) is 6.45. The smallest absolute Gasteiger partial charge is 0.0471 e. The fourth-order valence-electron chi connectivity index (χ4n) is 2.54. The molecular weight excluding hydrogens is 326 g/mol. The third-order valence-electron chi connectivity index (χ3n) is 3.66. The summed E-state index contributed by atoms with van der Waals surface area (Å²) in [6.45, 7) is 10.5. The van der Waals surface area contributed by atoms with Crippen LogP contribution in [-0.2, 0) is 0 Å². The molecule has 0 saturated carbocycles. The summed E-state index contributed by atoms with van der Waals surface area (Å²) in [7, 11) is 4.24. The molecule has 2 N–H and O–H groups in total. The monoisotopic (exact) mass is 355 g/mol. The summed E-state index contributed by atoms with van der Waals surface area (Å²) in [6, 6.07) is 6.87. The van der Waals surface area contributed by atoms with Gasteiger partial charge in [-0.15, -0.1) is 0 Å². The molecule has 1 atom stereocenters. The molecule has 0 saturated heterocycles. The van der Waals surface area contributed by atoms with Crippen molar-refractivity contribution >= 4 is 15.9 Å². The zero-order chi connectivity index (χ0) is 16.0. The Labute approximate surface area is 138 Å². The molecule has 0 aliphatic heterocycles. The van der Waals surface area contributed by atoms with Gasteiger partial charge in [0.05, 0.1) is 0 Å². The molecule has 1 aromatic rings. The normalized spacial score (nSPS) is 13.4. The van der Waals surface area contributed by atoms with Crippen LogP contribution in [0.3, 0.4) is 0 Å². The fraction of sp³-hybridized carbons (Fsp3) is 0.647. The summed E-state index contributed by atoms with van der Waals surface area (Å²) in [5, 5.41) is 0. The van der Waals surface area contributed by atoms with Gasteiger partial charge in [-0.25, -0.2) is 0 Å². The van der Waals surface area contributed by atoms with Gasteiger partial charge in [-0.05, 0) is 44.1 Å². The highest BCUT2D eigenvalue weighted by molar-refractivity contribution is 9.10. The standard InChI is InChI=1S/C17H30BrN3/c1-13(2)12-21(9-8-20(4)5)17(11-19)15-6-7-16(18)14(3)10-15/h6-7,10,13,17H,8-9,11-12,19H2,1-5H3. The van der Waals surface area contributed by atoms with E-state index in [9.17, 15) is 0 Å². The Hall–Kier alpha value is -0.420. The van der Waals surface area contributed by atoms with Crippen LogP contribution in [0.15, 0.2) is 22.7 Å². The van der Waals surface area contributed by atoms with E-state index < -0.39 is 0 Å². The van der Waals surface area contributed by atoms with Crippen LogP contribution in [-0.4, -0.2) is 50.1 Å². The van der Waals surface area contributed by atoms with Crippen molar-refractivity contribution in [3.8, 4) is 0 Å². The molecule has 0 bridgehead atoms. The molecule has 0 aliphatic rings. The minimum atomic E-state index is 0.291. The molecule has 1 unspecified atom stereocenters. The number of benzene rings is 1. The van der Waals surface area contributed by atoms with Crippen LogP contribution in [0.2, 0.25) is 0 Å². The van der Waals surface area contributed by atoms with Crippen molar-refractivity contribution in [2.45, 2.75) is 26.8 Å². The maximum atomic E-state index is 6.11. The summed E-state index contributed by atoms with van der Waals surface area (Å²) >= 11 is 3.58. The maximum absolute atomic E-state index is 6.11. The van der Waals surface area contributed by atoms with Crippen molar-refractivity contribution in [2.24, 2.45) is 11.7 Å². The summed E-state index contributed by atoms with van der Waals surface area (Å²) in [5.41, 5.74) is 8.69. The highest BCUT2D eigenvalue weighted by atomic mass is 79.9. The Bertz CT molecular complexity index is 432. The van der Waals surface area contributed by atoms with Gasteiger partial charge in [-0.2, -0.15) is 0 Å². The van der Waals surface area contributed by atoms with Gasteiger partial charge in [0.2, 0.25) is 0 Å². The van der Waals surface area contributed by atoms with E-state index in [2.05, 4.69) is 78.8 Å². The van der Waals surface area contributed by atoms with Crippen LogP contribution in [0.25, 0.3) is 0 Å². The molecular formula is C17H30BrN3. The van der Waals surface area contributed by atoms with Crippen LogP contribution >= 0.6 is 15.9 Å². The first-order valence-electron chi connectivity index (χ1n) is 7.70. The van der Waals surface area contributed by atoms with E-state index in [0.717, 1.165) is 24.1 Å². The first kappa shape index (κ1) is 18.6. The summed E-state index contributed by atoms with van der Waals surface area (Å²) in [6.07, 6.45) is 0. The average Bonchev–Trinajstić information content (AvgIpc) is 2.40. The molecule has 4 heteroatoms. The van der Waals surface area contributed by atoms with Gasteiger partial charge in [-0.1, -0.05) is 41.9 Å². The van der Waals surface area contributed by atoms with E-state index in [1.807, 2.05) is 0 Å². The Balaban J connectivity index is 2.95. The third kappa shape index (κ3) is 6.07. The first-order chi connectivity index (χ1) is 9.85. The molecule has 0 aromatic heterocycles. The number of hydrogen-bond acceptors (Lipinski definition) is 3. The number of aryl methyl sites for hydroxylation is 1. The highest BCUT2D eigenvalue weighted by Crippen LogP contribution is 2.25. The van der Waals surface area contributed by atoms with Gasteiger partial charge < -0.3 is 10.6 Å². The molecule has 0 fully saturated rings. The Morgan fingerprint density at radius 2 is 1.86 bits per heavy atom. The second-order valence-corrected chi connectivity index (χ2v) is 7.31. The molecule has 3 nitrogen and oxygen atoms in total. The molecule has 0 radical (unpaired) electrons. The lowest BCUT2D eigenvalue weighted by Gasteiger charge is -2.33. The number of rotatable bonds is 8. The molecule has 0 aliphatic carbocycles. The maximum Gasteiger partial charge on any atom is 0.0471 e. The number of nitrogens with zero attached hydrogens (tertiary/aromatic N) is 2. The topological polar surface area (TPSA) is 32.5 Å². The molecule has 1 aromatic carbocycles. The SMILES string of the molecule is Cc1cc(C(CN)N(CCN(C)C)CC(C)C)ccc1Br. The van der Waals surface area contributed by atoms with Crippen molar-refractivity contribution in [3.63, 3.8) is 0 Å². The Kier molecular flexibility index (Phi) is 7.88. The van der Waals surface area contributed by atoms with Gasteiger partial charge in [0, 0.05) is 36.7 Å². The fourth-order valence-corrected chi connectivity index (χ4v) is 2.79. The van der Waals surface area contributed by atoms with Gasteiger partial charge in [0.15, 0.2) is 0 Å². The molecule has 120 valence electrons. The van der Waals surface area contributed by atoms with Gasteiger partial charge in [0.25, 0.3) is 0 Å². The molecule has 21 heavy (non-hydrogen) atoms. The van der Waals surface area contributed by atoms with Gasteiger partial charge in [0.1, 0.15) is 0 Å². The third-order valence-corrected chi connectivity index (χ3v) is 4.55. The summed E-state index contributed by atoms with van der Waals surface area (Å²) in [4.78, 5) is 4.75. The van der Waals surface area contributed by atoms with E-state index >= 15 is 0 Å². The predicted molar refractivity (Wildman–Crippen MR) is 95.6 cm³/mol. The van der Waals surface area contributed by atoms with Crippen LogP contribution in [0, 0.1) is 12.8 Å². The van der Waals surface area contributed by atoms with Crippen molar-refractivity contribution in [2.75, 3.05) is 40.3 Å². The summed E-state index contributed by atoms with van der Waals surface area (Å²) in [5.74, 6) is 0.637. The van der Waals surface area contributed by atoms with Crippen LogP contribution in [0.4, 0.5) is 0 Å². The Morgan fingerprint density at radius 1 is 1.19 bits per heavy atom. The zero-order valence-corrected chi connectivity index (χ0v) is 15.7. The lowest BCUT2D eigenvalue weighted by molar-refractivity contribution is 0.163.